The summed E-state index contributed by atoms with van der Waals surface area (Å²) in [5.41, 5.74) is 5.02. The Labute approximate surface area is 71.0 Å². The molecule has 4 nitrogen and oxygen atoms in total. The summed E-state index contributed by atoms with van der Waals surface area (Å²) >= 11 is 0. The highest BCUT2D eigenvalue weighted by atomic mass is 16.1. The number of amides is 1. The summed E-state index contributed by atoms with van der Waals surface area (Å²) < 4.78 is 0. The second-order valence-corrected chi connectivity index (χ2v) is 2.76. The fourth-order valence-electron chi connectivity index (χ4n) is 1.23. The summed E-state index contributed by atoms with van der Waals surface area (Å²) in [7, 11) is 0. The van der Waals surface area contributed by atoms with E-state index in [2.05, 4.69) is 5.32 Å². The minimum atomic E-state index is -0.647. The summed E-state index contributed by atoms with van der Waals surface area (Å²) in [6.07, 6.45) is 3.66. The number of hydrogen-bond acceptors (Lipinski definition) is 3. The first-order valence-electron chi connectivity index (χ1n) is 3.89. The Bertz CT molecular complexity index is 246. The van der Waals surface area contributed by atoms with Crippen molar-refractivity contribution in [2.24, 2.45) is 5.73 Å². The standard InChI is InChI=1S/C8H11N3O/c9-5-6(8(10)12)4-7-2-1-3-11-7/h4,7,11H,1-3H2,(H2,10,12). The molecule has 1 amide bonds. The summed E-state index contributed by atoms with van der Waals surface area (Å²) in [5, 5.41) is 11.7. The molecular weight excluding hydrogens is 154 g/mol. The van der Waals surface area contributed by atoms with E-state index in [1.54, 1.807) is 12.1 Å². The van der Waals surface area contributed by atoms with Gasteiger partial charge in [-0.1, -0.05) is 0 Å². The van der Waals surface area contributed by atoms with E-state index < -0.39 is 5.91 Å². The summed E-state index contributed by atoms with van der Waals surface area (Å²) in [6.45, 7) is 0.943. The van der Waals surface area contributed by atoms with Crippen molar-refractivity contribution in [3.05, 3.63) is 11.6 Å². The maximum absolute atomic E-state index is 10.6. The zero-order valence-corrected chi connectivity index (χ0v) is 6.71. The van der Waals surface area contributed by atoms with Gasteiger partial charge in [0.25, 0.3) is 5.91 Å². The molecule has 0 saturated carbocycles. The van der Waals surface area contributed by atoms with Gasteiger partial charge >= 0.3 is 0 Å². The Balaban J connectivity index is 2.64. The molecule has 3 N–H and O–H groups in total. The van der Waals surface area contributed by atoms with Crippen molar-refractivity contribution < 1.29 is 4.79 Å². The van der Waals surface area contributed by atoms with Crippen LogP contribution in [0.2, 0.25) is 0 Å². The van der Waals surface area contributed by atoms with Gasteiger partial charge in [0.2, 0.25) is 0 Å². The van der Waals surface area contributed by atoms with Crippen LogP contribution in [0, 0.1) is 11.3 Å². The lowest BCUT2D eigenvalue weighted by Gasteiger charge is -2.02. The van der Waals surface area contributed by atoms with Gasteiger partial charge in [0.05, 0.1) is 0 Å². The average Bonchev–Trinajstić information content (AvgIpc) is 2.51. The zero-order chi connectivity index (χ0) is 8.97. The lowest BCUT2D eigenvalue weighted by atomic mass is 10.1. The first-order valence-corrected chi connectivity index (χ1v) is 3.89. The van der Waals surface area contributed by atoms with Crippen LogP contribution in [0.1, 0.15) is 12.8 Å². The molecule has 1 fully saturated rings. The minimum absolute atomic E-state index is 0.0504. The molecule has 0 spiro atoms. The van der Waals surface area contributed by atoms with Crippen LogP contribution in [0.25, 0.3) is 0 Å². The predicted octanol–water partition coefficient (Wildman–Crippen LogP) is -0.326. The van der Waals surface area contributed by atoms with E-state index in [0.29, 0.717) is 0 Å². The van der Waals surface area contributed by atoms with Crippen LogP contribution in [0.4, 0.5) is 0 Å². The van der Waals surface area contributed by atoms with E-state index in [9.17, 15) is 4.79 Å². The van der Waals surface area contributed by atoms with E-state index in [1.807, 2.05) is 0 Å². The van der Waals surface area contributed by atoms with Gasteiger partial charge in [-0.3, -0.25) is 4.79 Å². The quantitative estimate of drug-likeness (QED) is 0.434. The van der Waals surface area contributed by atoms with Crippen LogP contribution < -0.4 is 11.1 Å². The molecule has 1 aliphatic rings. The summed E-state index contributed by atoms with van der Waals surface area (Å²) in [6, 6.07) is 1.92. The Hall–Kier alpha value is -1.34. The lowest BCUT2D eigenvalue weighted by Crippen LogP contribution is -2.22. The van der Waals surface area contributed by atoms with Gasteiger partial charge in [0.15, 0.2) is 0 Å². The largest absolute Gasteiger partial charge is 0.365 e. The molecule has 1 heterocycles. The SMILES string of the molecule is N#CC(=CC1CCCN1)C(N)=O. The van der Waals surface area contributed by atoms with Gasteiger partial charge in [0, 0.05) is 6.04 Å². The minimum Gasteiger partial charge on any atom is -0.365 e. The van der Waals surface area contributed by atoms with Crippen molar-refractivity contribution >= 4 is 5.91 Å². The van der Waals surface area contributed by atoms with E-state index in [4.69, 9.17) is 11.0 Å². The van der Waals surface area contributed by atoms with E-state index in [0.717, 1.165) is 19.4 Å². The molecule has 0 aromatic heterocycles. The number of nitrogens with two attached hydrogens (primary N) is 1. The number of nitrogens with zero attached hydrogens (tertiary/aromatic N) is 1. The van der Waals surface area contributed by atoms with Gasteiger partial charge < -0.3 is 11.1 Å². The topological polar surface area (TPSA) is 78.9 Å². The highest BCUT2D eigenvalue weighted by molar-refractivity contribution is 5.95. The van der Waals surface area contributed by atoms with E-state index >= 15 is 0 Å². The smallest absolute Gasteiger partial charge is 0.259 e. The second kappa shape index (κ2) is 3.88. The Morgan fingerprint density at radius 1 is 1.75 bits per heavy atom. The molecule has 1 atom stereocenters. The lowest BCUT2D eigenvalue weighted by molar-refractivity contribution is -0.114. The van der Waals surface area contributed by atoms with E-state index in [-0.39, 0.29) is 11.6 Å². The van der Waals surface area contributed by atoms with Gasteiger partial charge in [-0.25, -0.2) is 0 Å². The van der Waals surface area contributed by atoms with Gasteiger partial charge in [0.1, 0.15) is 11.6 Å². The molecule has 1 rings (SSSR count). The van der Waals surface area contributed by atoms with Crippen LogP contribution in [0.5, 0.6) is 0 Å². The van der Waals surface area contributed by atoms with Crippen molar-refractivity contribution in [2.75, 3.05) is 6.54 Å². The zero-order valence-electron chi connectivity index (χ0n) is 6.71. The predicted molar refractivity (Wildman–Crippen MR) is 43.9 cm³/mol. The molecule has 12 heavy (non-hydrogen) atoms. The Morgan fingerprint density at radius 2 is 2.50 bits per heavy atom. The Kier molecular flexibility index (Phi) is 2.83. The fourth-order valence-corrected chi connectivity index (χ4v) is 1.23. The molecule has 0 aromatic rings. The van der Waals surface area contributed by atoms with Crippen LogP contribution in [-0.2, 0) is 4.79 Å². The van der Waals surface area contributed by atoms with Gasteiger partial charge in [-0.2, -0.15) is 5.26 Å². The second-order valence-electron chi connectivity index (χ2n) is 2.76. The summed E-state index contributed by atoms with van der Waals surface area (Å²) in [4.78, 5) is 10.6. The molecular formula is C8H11N3O. The van der Waals surface area contributed by atoms with Crippen molar-refractivity contribution in [3.63, 3.8) is 0 Å². The molecule has 64 valence electrons. The first kappa shape index (κ1) is 8.75. The maximum atomic E-state index is 10.6. The van der Waals surface area contributed by atoms with Crippen molar-refractivity contribution in [2.45, 2.75) is 18.9 Å². The third-order valence-corrected chi connectivity index (χ3v) is 1.85. The van der Waals surface area contributed by atoms with E-state index in [1.165, 1.54) is 0 Å². The number of nitrogens with one attached hydrogen (secondary N) is 1. The van der Waals surface area contributed by atoms with Crippen molar-refractivity contribution in [1.82, 2.24) is 5.32 Å². The number of primary amides is 1. The molecule has 1 unspecified atom stereocenters. The normalized spacial score (nSPS) is 23.6. The molecule has 4 heteroatoms. The Morgan fingerprint density at radius 3 is 2.92 bits per heavy atom. The number of hydrogen-bond donors (Lipinski definition) is 2. The summed E-state index contributed by atoms with van der Waals surface area (Å²) in [5.74, 6) is -0.647. The average molecular weight is 165 g/mol. The molecule has 0 radical (unpaired) electrons. The highest BCUT2D eigenvalue weighted by Crippen LogP contribution is 2.08. The molecule has 0 bridgehead atoms. The van der Waals surface area contributed by atoms with Crippen LogP contribution in [0.3, 0.4) is 0 Å². The van der Waals surface area contributed by atoms with Crippen LogP contribution in [-0.4, -0.2) is 18.5 Å². The number of rotatable bonds is 2. The monoisotopic (exact) mass is 165 g/mol. The van der Waals surface area contributed by atoms with Crippen molar-refractivity contribution in [1.29, 1.82) is 5.26 Å². The number of carbonyl (C=O) groups is 1. The highest BCUT2D eigenvalue weighted by Gasteiger charge is 2.13. The number of carbonyl (C=O) groups excluding carboxylic acids is 1. The van der Waals surface area contributed by atoms with Gasteiger partial charge in [-0.15, -0.1) is 0 Å². The first-order chi connectivity index (χ1) is 5.74. The van der Waals surface area contributed by atoms with Crippen LogP contribution >= 0.6 is 0 Å². The molecule has 1 aliphatic heterocycles. The van der Waals surface area contributed by atoms with Crippen LogP contribution in [0.15, 0.2) is 11.6 Å². The molecule has 1 saturated heterocycles. The van der Waals surface area contributed by atoms with Gasteiger partial charge in [-0.05, 0) is 25.5 Å². The number of nitriles is 1. The van der Waals surface area contributed by atoms with Crippen molar-refractivity contribution in [3.8, 4) is 6.07 Å². The third kappa shape index (κ3) is 2.07. The molecule has 0 aromatic carbocycles. The fraction of sp³-hybridized carbons (Fsp3) is 0.500. The molecule has 0 aliphatic carbocycles. The maximum Gasteiger partial charge on any atom is 0.259 e. The third-order valence-electron chi connectivity index (χ3n) is 1.85.